The highest BCUT2D eigenvalue weighted by Crippen LogP contribution is 2.08. The van der Waals surface area contributed by atoms with E-state index >= 15 is 0 Å². The predicted octanol–water partition coefficient (Wildman–Crippen LogP) is 1.94. The van der Waals surface area contributed by atoms with Gasteiger partial charge in [-0.25, -0.2) is 9.97 Å². The van der Waals surface area contributed by atoms with Gasteiger partial charge in [0.1, 0.15) is 11.5 Å². The lowest BCUT2D eigenvalue weighted by Crippen LogP contribution is -2.26. The van der Waals surface area contributed by atoms with Crippen molar-refractivity contribution >= 4 is 23.1 Å². The summed E-state index contributed by atoms with van der Waals surface area (Å²) in [5.41, 5.74) is 0.341. The zero-order chi connectivity index (χ0) is 13.5. The molecule has 100 valence electrons. The fourth-order valence-corrected chi connectivity index (χ4v) is 2.27. The van der Waals surface area contributed by atoms with Crippen molar-refractivity contribution in [3.8, 4) is 0 Å². The van der Waals surface area contributed by atoms with E-state index in [1.54, 1.807) is 17.5 Å². The Bertz CT molecular complexity index is 510. The van der Waals surface area contributed by atoms with Gasteiger partial charge >= 0.3 is 0 Å². The van der Waals surface area contributed by atoms with Gasteiger partial charge in [-0.3, -0.25) is 4.79 Å². The fourth-order valence-electron chi connectivity index (χ4n) is 1.56. The first kappa shape index (κ1) is 13.5. The second-order valence-corrected chi connectivity index (χ2v) is 4.93. The lowest BCUT2D eigenvalue weighted by atomic mass is 10.3. The van der Waals surface area contributed by atoms with Crippen molar-refractivity contribution in [3.63, 3.8) is 0 Å². The molecule has 6 heteroatoms. The van der Waals surface area contributed by atoms with Crippen LogP contribution in [0.15, 0.2) is 29.9 Å². The van der Waals surface area contributed by atoms with Gasteiger partial charge in [-0.2, -0.15) is 0 Å². The standard InChI is InChI=1S/C13H16N4OS/c1-2-14-12-9-16-11(8-17-12)13(18)15-6-5-10-4-3-7-19-10/h3-4,7-9H,2,5-6H2,1H3,(H,14,17)(H,15,18). The Balaban J connectivity index is 1.82. The van der Waals surface area contributed by atoms with Gasteiger partial charge in [0.25, 0.3) is 5.91 Å². The Kier molecular flexibility index (Phi) is 4.85. The molecule has 0 saturated carbocycles. The molecule has 0 aliphatic heterocycles. The number of carbonyl (C=O) groups excluding carboxylic acids is 1. The van der Waals surface area contributed by atoms with Crippen LogP contribution in [0.3, 0.4) is 0 Å². The number of amides is 1. The zero-order valence-electron chi connectivity index (χ0n) is 10.7. The lowest BCUT2D eigenvalue weighted by Gasteiger charge is -2.05. The predicted molar refractivity (Wildman–Crippen MR) is 76.6 cm³/mol. The summed E-state index contributed by atoms with van der Waals surface area (Å²) in [5, 5.41) is 7.89. The monoisotopic (exact) mass is 276 g/mol. The summed E-state index contributed by atoms with van der Waals surface area (Å²) in [4.78, 5) is 21.3. The van der Waals surface area contributed by atoms with Crippen LogP contribution >= 0.6 is 11.3 Å². The molecule has 0 spiro atoms. The van der Waals surface area contributed by atoms with E-state index in [-0.39, 0.29) is 5.91 Å². The molecule has 0 atom stereocenters. The van der Waals surface area contributed by atoms with Gasteiger partial charge in [0.2, 0.25) is 0 Å². The lowest BCUT2D eigenvalue weighted by molar-refractivity contribution is 0.0949. The van der Waals surface area contributed by atoms with E-state index in [0.717, 1.165) is 13.0 Å². The molecule has 19 heavy (non-hydrogen) atoms. The van der Waals surface area contributed by atoms with Gasteiger partial charge in [-0.05, 0) is 24.8 Å². The van der Waals surface area contributed by atoms with Crippen LogP contribution in [0.1, 0.15) is 22.3 Å². The van der Waals surface area contributed by atoms with Crippen molar-refractivity contribution in [3.05, 3.63) is 40.5 Å². The minimum absolute atomic E-state index is 0.188. The van der Waals surface area contributed by atoms with Crippen LogP contribution in [0.25, 0.3) is 0 Å². The molecule has 0 radical (unpaired) electrons. The Labute approximate surface area is 116 Å². The smallest absolute Gasteiger partial charge is 0.271 e. The van der Waals surface area contributed by atoms with Gasteiger partial charge in [0.15, 0.2) is 0 Å². The van der Waals surface area contributed by atoms with Crippen LogP contribution in [0.2, 0.25) is 0 Å². The number of hydrogen-bond donors (Lipinski definition) is 2. The normalized spacial score (nSPS) is 10.2. The Hall–Kier alpha value is -1.95. The van der Waals surface area contributed by atoms with E-state index in [2.05, 4.69) is 26.7 Å². The van der Waals surface area contributed by atoms with Crippen LogP contribution in [-0.4, -0.2) is 29.0 Å². The third kappa shape index (κ3) is 4.03. The minimum atomic E-state index is -0.188. The van der Waals surface area contributed by atoms with E-state index in [9.17, 15) is 4.79 Å². The Morgan fingerprint density at radius 3 is 2.89 bits per heavy atom. The highest BCUT2D eigenvalue weighted by molar-refractivity contribution is 7.09. The van der Waals surface area contributed by atoms with Gasteiger partial charge in [0.05, 0.1) is 12.4 Å². The molecule has 0 bridgehead atoms. The van der Waals surface area contributed by atoms with Gasteiger partial charge in [0, 0.05) is 18.0 Å². The number of aromatic nitrogens is 2. The van der Waals surface area contributed by atoms with Crippen molar-refractivity contribution in [1.29, 1.82) is 0 Å². The van der Waals surface area contributed by atoms with Gasteiger partial charge in [-0.15, -0.1) is 11.3 Å². The average Bonchev–Trinajstić information content (AvgIpc) is 2.93. The maximum absolute atomic E-state index is 11.8. The van der Waals surface area contributed by atoms with E-state index in [4.69, 9.17) is 0 Å². The first-order valence-corrected chi connectivity index (χ1v) is 7.04. The van der Waals surface area contributed by atoms with Crippen LogP contribution in [-0.2, 0) is 6.42 Å². The number of nitrogens with zero attached hydrogens (tertiary/aromatic N) is 2. The molecule has 0 aromatic carbocycles. The molecule has 2 aromatic heterocycles. The second kappa shape index (κ2) is 6.84. The van der Waals surface area contributed by atoms with E-state index in [0.29, 0.717) is 18.1 Å². The molecule has 5 nitrogen and oxygen atoms in total. The molecule has 2 aromatic rings. The SMILES string of the molecule is CCNc1cnc(C(=O)NCCc2cccs2)cn1. The number of hydrogen-bond acceptors (Lipinski definition) is 5. The first-order chi connectivity index (χ1) is 9.29. The maximum atomic E-state index is 11.8. The molecule has 2 rings (SSSR count). The topological polar surface area (TPSA) is 66.9 Å². The van der Waals surface area contributed by atoms with Crippen molar-refractivity contribution in [2.75, 3.05) is 18.4 Å². The third-order valence-corrected chi connectivity index (χ3v) is 3.42. The maximum Gasteiger partial charge on any atom is 0.271 e. The molecule has 1 amide bonds. The quantitative estimate of drug-likeness (QED) is 0.846. The zero-order valence-corrected chi connectivity index (χ0v) is 11.5. The summed E-state index contributed by atoms with van der Waals surface area (Å²) in [7, 11) is 0. The van der Waals surface area contributed by atoms with Crippen molar-refractivity contribution in [1.82, 2.24) is 15.3 Å². The second-order valence-electron chi connectivity index (χ2n) is 3.90. The first-order valence-electron chi connectivity index (χ1n) is 6.16. The van der Waals surface area contributed by atoms with Gasteiger partial charge < -0.3 is 10.6 Å². The molecular weight excluding hydrogens is 260 g/mol. The third-order valence-electron chi connectivity index (χ3n) is 2.48. The average molecular weight is 276 g/mol. The summed E-state index contributed by atoms with van der Waals surface area (Å²) in [6.07, 6.45) is 3.89. The van der Waals surface area contributed by atoms with Crippen molar-refractivity contribution in [2.24, 2.45) is 0 Å². The highest BCUT2D eigenvalue weighted by atomic mass is 32.1. The molecule has 0 aliphatic rings. The van der Waals surface area contributed by atoms with Crippen molar-refractivity contribution in [2.45, 2.75) is 13.3 Å². The summed E-state index contributed by atoms with van der Waals surface area (Å²) in [6.45, 7) is 3.36. The number of anilines is 1. The van der Waals surface area contributed by atoms with E-state index in [1.807, 2.05) is 18.4 Å². The summed E-state index contributed by atoms with van der Waals surface area (Å²) < 4.78 is 0. The van der Waals surface area contributed by atoms with Crippen LogP contribution in [0.4, 0.5) is 5.82 Å². The largest absolute Gasteiger partial charge is 0.369 e. The molecule has 0 aliphatic carbocycles. The summed E-state index contributed by atoms with van der Waals surface area (Å²) in [5.74, 6) is 0.491. The molecule has 0 fully saturated rings. The number of nitrogens with one attached hydrogen (secondary N) is 2. The number of rotatable bonds is 6. The summed E-state index contributed by atoms with van der Waals surface area (Å²) in [6, 6.07) is 4.06. The Morgan fingerprint density at radius 1 is 1.37 bits per heavy atom. The number of thiophene rings is 1. The van der Waals surface area contributed by atoms with Crippen LogP contribution in [0.5, 0.6) is 0 Å². The molecular formula is C13H16N4OS. The molecule has 0 unspecified atom stereocenters. The van der Waals surface area contributed by atoms with E-state index < -0.39 is 0 Å². The highest BCUT2D eigenvalue weighted by Gasteiger charge is 2.07. The van der Waals surface area contributed by atoms with E-state index in [1.165, 1.54) is 11.1 Å². The number of carbonyl (C=O) groups is 1. The van der Waals surface area contributed by atoms with Crippen LogP contribution in [0, 0.1) is 0 Å². The van der Waals surface area contributed by atoms with Crippen molar-refractivity contribution < 1.29 is 4.79 Å². The molecule has 0 saturated heterocycles. The fraction of sp³-hybridized carbons (Fsp3) is 0.308. The molecule has 2 heterocycles. The van der Waals surface area contributed by atoms with Gasteiger partial charge in [-0.1, -0.05) is 6.07 Å². The molecule has 2 N–H and O–H groups in total. The summed E-state index contributed by atoms with van der Waals surface area (Å²) >= 11 is 1.69. The van der Waals surface area contributed by atoms with Crippen LogP contribution < -0.4 is 10.6 Å². The Morgan fingerprint density at radius 2 is 2.26 bits per heavy atom. The minimum Gasteiger partial charge on any atom is -0.369 e.